The Balaban J connectivity index is 2.04. The topological polar surface area (TPSA) is 53.3 Å². The van der Waals surface area contributed by atoms with Gasteiger partial charge in [-0.3, -0.25) is 4.79 Å². The van der Waals surface area contributed by atoms with Gasteiger partial charge in [-0.05, 0) is 36.9 Å². The summed E-state index contributed by atoms with van der Waals surface area (Å²) in [5.74, 6) is 0.983. The summed E-state index contributed by atoms with van der Waals surface area (Å²) < 4.78 is 6.32. The van der Waals surface area contributed by atoms with E-state index < -0.39 is 8.32 Å². The average molecular weight is 337 g/mol. The van der Waals surface area contributed by atoms with Gasteiger partial charge in [0, 0.05) is 12.5 Å². The molecule has 1 saturated heterocycles. The summed E-state index contributed by atoms with van der Waals surface area (Å²) in [7, 11) is -1.86. The molecule has 0 aromatic rings. The Morgan fingerprint density at radius 1 is 1.35 bits per heavy atom. The highest BCUT2D eigenvalue weighted by molar-refractivity contribution is 6.74. The second-order valence-electron chi connectivity index (χ2n) is 8.73. The Morgan fingerprint density at radius 3 is 2.57 bits per heavy atom. The van der Waals surface area contributed by atoms with E-state index in [9.17, 15) is 10.1 Å². The number of likely N-dealkylation sites (tertiary alicyclic amines) is 1. The van der Waals surface area contributed by atoms with Gasteiger partial charge in [0.15, 0.2) is 8.32 Å². The molecule has 2 aliphatic rings. The van der Waals surface area contributed by atoms with E-state index in [1.807, 2.05) is 4.90 Å². The van der Waals surface area contributed by atoms with Crippen molar-refractivity contribution < 1.29 is 9.22 Å². The van der Waals surface area contributed by atoms with Crippen molar-refractivity contribution in [2.75, 3.05) is 13.2 Å². The molecule has 0 aromatic heterocycles. The van der Waals surface area contributed by atoms with E-state index in [0.717, 1.165) is 19.4 Å². The fourth-order valence-corrected chi connectivity index (χ4v) is 4.56. The standard InChI is InChI=1S/C18H32N2O2Si/c1-18(2,3)23(4,5)22-13-15(10-11-19)20-12-14-8-6-7-9-16(14)17(20)21/h14-16H,6-10,12-13H2,1-5H3/t14-,15-,16-/m1/s1. The van der Waals surface area contributed by atoms with Crippen LogP contribution in [0.25, 0.3) is 0 Å². The molecule has 130 valence electrons. The zero-order chi connectivity index (χ0) is 17.3. The van der Waals surface area contributed by atoms with Gasteiger partial charge in [-0.1, -0.05) is 33.6 Å². The lowest BCUT2D eigenvalue weighted by Crippen LogP contribution is -2.47. The summed E-state index contributed by atoms with van der Waals surface area (Å²) in [4.78, 5) is 14.7. The molecule has 0 bridgehead atoms. The summed E-state index contributed by atoms with van der Waals surface area (Å²) in [5.41, 5.74) is 0. The van der Waals surface area contributed by atoms with E-state index >= 15 is 0 Å². The SMILES string of the molecule is CC(C)(C)[Si](C)(C)OC[C@@H](CC#N)N1C[C@H]2CCCC[C@H]2C1=O. The fourth-order valence-electron chi connectivity index (χ4n) is 3.52. The van der Waals surface area contributed by atoms with Crippen molar-refractivity contribution in [2.45, 2.75) is 77.0 Å². The van der Waals surface area contributed by atoms with Crippen molar-refractivity contribution in [3.8, 4) is 6.07 Å². The van der Waals surface area contributed by atoms with Crippen molar-refractivity contribution >= 4 is 14.2 Å². The molecule has 0 spiro atoms. The molecule has 3 atom stereocenters. The second-order valence-corrected chi connectivity index (χ2v) is 13.5. The Hall–Kier alpha value is -0.863. The minimum atomic E-state index is -1.86. The predicted molar refractivity (Wildman–Crippen MR) is 94.3 cm³/mol. The highest BCUT2D eigenvalue weighted by Crippen LogP contribution is 2.39. The van der Waals surface area contributed by atoms with E-state index in [2.05, 4.69) is 39.9 Å². The van der Waals surface area contributed by atoms with Crippen molar-refractivity contribution in [3.05, 3.63) is 0 Å². The monoisotopic (exact) mass is 336 g/mol. The second kappa shape index (κ2) is 6.94. The quantitative estimate of drug-likeness (QED) is 0.715. The first-order chi connectivity index (χ1) is 10.7. The fraction of sp³-hybridized carbons (Fsp3) is 0.889. The molecule has 23 heavy (non-hydrogen) atoms. The van der Waals surface area contributed by atoms with Gasteiger partial charge in [-0.25, -0.2) is 0 Å². The van der Waals surface area contributed by atoms with Gasteiger partial charge < -0.3 is 9.33 Å². The Kier molecular flexibility index (Phi) is 5.58. The molecule has 0 radical (unpaired) electrons. The first-order valence-electron chi connectivity index (χ1n) is 8.99. The first kappa shape index (κ1) is 18.5. The van der Waals surface area contributed by atoms with Crippen LogP contribution >= 0.6 is 0 Å². The number of hydrogen-bond acceptors (Lipinski definition) is 3. The van der Waals surface area contributed by atoms with Crippen LogP contribution in [0.5, 0.6) is 0 Å². The van der Waals surface area contributed by atoms with Crippen LogP contribution in [0.3, 0.4) is 0 Å². The molecule has 2 rings (SSSR count). The van der Waals surface area contributed by atoms with Gasteiger partial charge in [0.25, 0.3) is 0 Å². The molecular formula is C18H32N2O2Si. The number of amides is 1. The predicted octanol–water partition coefficient (Wildman–Crippen LogP) is 3.94. The van der Waals surface area contributed by atoms with Crippen molar-refractivity contribution in [1.29, 1.82) is 5.26 Å². The normalized spacial score (nSPS) is 26.8. The number of hydrogen-bond donors (Lipinski definition) is 0. The molecule has 0 N–H and O–H groups in total. The summed E-state index contributed by atoms with van der Waals surface area (Å²) >= 11 is 0. The molecular weight excluding hydrogens is 304 g/mol. The van der Waals surface area contributed by atoms with Crippen LogP contribution in [0.4, 0.5) is 0 Å². The number of carbonyl (C=O) groups excluding carboxylic acids is 1. The first-order valence-corrected chi connectivity index (χ1v) is 11.9. The van der Waals surface area contributed by atoms with Crippen LogP contribution in [0.2, 0.25) is 18.1 Å². The van der Waals surface area contributed by atoms with Crippen LogP contribution in [-0.2, 0) is 9.22 Å². The zero-order valence-corrected chi connectivity index (χ0v) is 16.4. The largest absolute Gasteiger partial charge is 0.415 e. The van der Waals surface area contributed by atoms with Gasteiger partial charge in [-0.15, -0.1) is 0 Å². The minimum Gasteiger partial charge on any atom is -0.415 e. The minimum absolute atomic E-state index is 0.0766. The number of rotatable bonds is 5. The smallest absolute Gasteiger partial charge is 0.226 e. The highest BCUT2D eigenvalue weighted by atomic mass is 28.4. The van der Waals surface area contributed by atoms with E-state index in [1.165, 1.54) is 12.8 Å². The summed E-state index contributed by atoms with van der Waals surface area (Å²) in [6.45, 7) is 12.4. The molecule has 5 heteroatoms. The van der Waals surface area contributed by atoms with Crippen molar-refractivity contribution in [1.82, 2.24) is 4.90 Å². The maximum Gasteiger partial charge on any atom is 0.226 e. The number of nitriles is 1. The number of nitrogens with zero attached hydrogens (tertiary/aromatic N) is 2. The molecule has 0 unspecified atom stereocenters. The third-order valence-corrected chi connectivity index (χ3v) is 10.7. The number of carbonyl (C=O) groups is 1. The molecule has 2 fully saturated rings. The maximum atomic E-state index is 12.7. The van der Waals surface area contributed by atoms with Crippen LogP contribution in [0.15, 0.2) is 0 Å². The van der Waals surface area contributed by atoms with Gasteiger partial charge in [-0.2, -0.15) is 5.26 Å². The molecule has 1 aliphatic heterocycles. The van der Waals surface area contributed by atoms with E-state index in [4.69, 9.17) is 4.43 Å². The highest BCUT2D eigenvalue weighted by Gasteiger charge is 2.45. The lowest BCUT2D eigenvalue weighted by atomic mass is 9.81. The van der Waals surface area contributed by atoms with E-state index in [-0.39, 0.29) is 22.9 Å². The molecule has 4 nitrogen and oxygen atoms in total. The maximum absolute atomic E-state index is 12.7. The van der Waals surface area contributed by atoms with Crippen LogP contribution < -0.4 is 0 Å². The molecule has 1 heterocycles. The summed E-state index contributed by atoms with van der Waals surface area (Å²) in [6.07, 6.45) is 4.98. The summed E-state index contributed by atoms with van der Waals surface area (Å²) in [5, 5.41) is 9.34. The lowest BCUT2D eigenvalue weighted by molar-refractivity contribution is -0.134. The summed E-state index contributed by atoms with van der Waals surface area (Å²) in [6, 6.07) is 2.19. The van der Waals surface area contributed by atoms with Crippen molar-refractivity contribution in [3.63, 3.8) is 0 Å². The lowest BCUT2D eigenvalue weighted by Gasteiger charge is -2.38. The zero-order valence-electron chi connectivity index (χ0n) is 15.4. The Morgan fingerprint density at radius 2 is 2.00 bits per heavy atom. The molecule has 1 saturated carbocycles. The molecule has 1 amide bonds. The van der Waals surface area contributed by atoms with Gasteiger partial charge >= 0.3 is 0 Å². The van der Waals surface area contributed by atoms with Gasteiger partial charge in [0.2, 0.25) is 5.91 Å². The van der Waals surface area contributed by atoms with Gasteiger partial charge in [0.1, 0.15) is 0 Å². The average Bonchev–Trinajstić information content (AvgIpc) is 2.80. The third kappa shape index (κ3) is 3.97. The number of fused-ring (bicyclic) bond motifs is 1. The Bertz CT molecular complexity index is 478. The van der Waals surface area contributed by atoms with Crippen molar-refractivity contribution in [2.24, 2.45) is 11.8 Å². The van der Waals surface area contributed by atoms with E-state index in [0.29, 0.717) is 18.9 Å². The van der Waals surface area contributed by atoms with E-state index in [1.54, 1.807) is 0 Å². The van der Waals surface area contributed by atoms with Gasteiger partial charge in [0.05, 0.1) is 25.1 Å². The van der Waals surface area contributed by atoms with Crippen LogP contribution in [-0.4, -0.2) is 38.3 Å². The molecule has 0 aromatic carbocycles. The third-order valence-electron chi connectivity index (χ3n) is 6.15. The Labute approximate surface area is 142 Å². The van der Waals surface area contributed by atoms with Crippen LogP contribution in [0, 0.1) is 23.2 Å². The molecule has 1 aliphatic carbocycles. The van der Waals surface area contributed by atoms with Crippen LogP contribution in [0.1, 0.15) is 52.9 Å².